The summed E-state index contributed by atoms with van der Waals surface area (Å²) in [6.07, 6.45) is 0. The molecule has 0 amide bonds. The number of benzene rings is 1. The summed E-state index contributed by atoms with van der Waals surface area (Å²) >= 11 is 0. The van der Waals surface area contributed by atoms with Gasteiger partial charge in [-0.25, -0.2) is 0 Å². The summed E-state index contributed by atoms with van der Waals surface area (Å²) in [7, 11) is 2.03. The van der Waals surface area contributed by atoms with Gasteiger partial charge in [0.05, 0.1) is 0 Å². The molecule has 1 rings (SSSR count). The number of hydrogen-bond donors (Lipinski definition) is 2. The highest BCUT2D eigenvalue weighted by molar-refractivity contribution is 5.19. The maximum Gasteiger partial charge on any atom is 0.0355 e. The van der Waals surface area contributed by atoms with Gasteiger partial charge in [-0.05, 0) is 45.8 Å². The van der Waals surface area contributed by atoms with Crippen molar-refractivity contribution in [1.82, 2.24) is 10.6 Å². The summed E-state index contributed by atoms with van der Waals surface area (Å²) in [4.78, 5) is 0. The van der Waals surface area contributed by atoms with Crippen LogP contribution in [0.3, 0.4) is 0 Å². The van der Waals surface area contributed by atoms with Crippen molar-refractivity contribution in [3.8, 4) is 0 Å². The van der Waals surface area contributed by atoms with Gasteiger partial charge in [-0.2, -0.15) is 0 Å². The average molecular weight is 234 g/mol. The zero-order valence-electron chi connectivity index (χ0n) is 11.7. The fourth-order valence-corrected chi connectivity index (χ4v) is 2.03. The molecule has 0 fully saturated rings. The third kappa shape index (κ3) is 4.88. The van der Waals surface area contributed by atoms with Crippen molar-refractivity contribution in [2.24, 2.45) is 5.92 Å². The van der Waals surface area contributed by atoms with Crippen LogP contribution >= 0.6 is 0 Å². The normalized spacial score (nSPS) is 15.6. The van der Waals surface area contributed by atoms with E-state index in [4.69, 9.17) is 0 Å². The standard InChI is InChI=1S/C15H26N2/c1-12(11-17-15(2,3)4)14(16-5)13-9-7-6-8-10-13/h6-10,12,14,16-17H,11H2,1-5H3/t12-,14+/m0/s1. The summed E-state index contributed by atoms with van der Waals surface area (Å²) in [5.74, 6) is 0.557. The molecule has 0 radical (unpaired) electrons. The van der Waals surface area contributed by atoms with E-state index >= 15 is 0 Å². The van der Waals surface area contributed by atoms with Crippen LogP contribution in [0.15, 0.2) is 30.3 Å². The molecule has 0 bridgehead atoms. The monoisotopic (exact) mass is 234 g/mol. The number of nitrogens with one attached hydrogen (secondary N) is 2. The molecule has 0 aliphatic heterocycles. The molecule has 0 saturated carbocycles. The second-order valence-corrected chi connectivity index (χ2v) is 5.79. The number of hydrogen-bond acceptors (Lipinski definition) is 2. The van der Waals surface area contributed by atoms with Gasteiger partial charge in [0.15, 0.2) is 0 Å². The topological polar surface area (TPSA) is 24.1 Å². The van der Waals surface area contributed by atoms with Gasteiger partial charge in [0.1, 0.15) is 0 Å². The van der Waals surface area contributed by atoms with Gasteiger partial charge in [0, 0.05) is 11.6 Å². The first-order valence-electron chi connectivity index (χ1n) is 6.41. The van der Waals surface area contributed by atoms with Gasteiger partial charge in [-0.1, -0.05) is 37.3 Å². The molecule has 0 aliphatic rings. The predicted molar refractivity (Wildman–Crippen MR) is 75.2 cm³/mol. The van der Waals surface area contributed by atoms with Crippen LogP contribution in [0.5, 0.6) is 0 Å². The van der Waals surface area contributed by atoms with Crippen LogP contribution in [0.1, 0.15) is 39.3 Å². The largest absolute Gasteiger partial charge is 0.313 e. The van der Waals surface area contributed by atoms with E-state index in [2.05, 4.69) is 68.7 Å². The third-order valence-corrected chi connectivity index (χ3v) is 2.99. The Kier molecular flexibility index (Phi) is 5.16. The minimum absolute atomic E-state index is 0.184. The van der Waals surface area contributed by atoms with E-state index < -0.39 is 0 Å². The second kappa shape index (κ2) is 6.18. The molecule has 2 nitrogen and oxygen atoms in total. The van der Waals surface area contributed by atoms with E-state index in [0.717, 1.165) is 6.54 Å². The van der Waals surface area contributed by atoms with Crippen molar-refractivity contribution in [2.45, 2.75) is 39.3 Å². The van der Waals surface area contributed by atoms with Gasteiger partial charge in [-0.15, -0.1) is 0 Å². The molecule has 2 atom stereocenters. The first-order valence-corrected chi connectivity index (χ1v) is 6.41. The van der Waals surface area contributed by atoms with Crippen LogP contribution in [0, 0.1) is 5.92 Å². The summed E-state index contributed by atoms with van der Waals surface area (Å²) in [6.45, 7) is 9.92. The SMILES string of the molecule is CN[C@@H](c1ccccc1)[C@@H](C)CNC(C)(C)C. The lowest BCUT2D eigenvalue weighted by atomic mass is 9.93. The second-order valence-electron chi connectivity index (χ2n) is 5.79. The first kappa shape index (κ1) is 14.2. The first-order chi connectivity index (χ1) is 7.94. The van der Waals surface area contributed by atoms with Gasteiger partial charge < -0.3 is 10.6 Å². The van der Waals surface area contributed by atoms with E-state index in [1.54, 1.807) is 0 Å². The quantitative estimate of drug-likeness (QED) is 0.818. The van der Waals surface area contributed by atoms with Crippen LogP contribution < -0.4 is 10.6 Å². The Morgan fingerprint density at radius 3 is 2.18 bits per heavy atom. The Morgan fingerprint density at radius 1 is 1.12 bits per heavy atom. The highest BCUT2D eigenvalue weighted by atomic mass is 15.0. The van der Waals surface area contributed by atoms with Crippen molar-refractivity contribution < 1.29 is 0 Å². The fraction of sp³-hybridized carbons (Fsp3) is 0.600. The molecule has 2 N–H and O–H groups in total. The van der Waals surface area contributed by atoms with Gasteiger partial charge in [-0.3, -0.25) is 0 Å². The lowest BCUT2D eigenvalue weighted by Crippen LogP contribution is -2.41. The molecule has 1 aromatic rings. The predicted octanol–water partition coefficient (Wildman–Crippen LogP) is 2.97. The molecule has 2 heteroatoms. The Morgan fingerprint density at radius 2 is 1.71 bits per heavy atom. The summed E-state index contributed by atoms with van der Waals surface area (Å²) in [5.41, 5.74) is 1.54. The third-order valence-electron chi connectivity index (χ3n) is 2.99. The van der Waals surface area contributed by atoms with Crippen LogP contribution in [-0.4, -0.2) is 19.1 Å². The fourth-order valence-electron chi connectivity index (χ4n) is 2.03. The Hall–Kier alpha value is -0.860. The highest BCUT2D eigenvalue weighted by Crippen LogP contribution is 2.21. The summed E-state index contributed by atoms with van der Waals surface area (Å²) in [6, 6.07) is 11.1. The van der Waals surface area contributed by atoms with Gasteiger partial charge in [0.25, 0.3) is 0 Å². The van der Waals surface area contributed by atoms with Crippen LogP contribution in [-0.2, 0) is 0 Å². The molecule has 0 heterocycles. The van der Waals surface area contributed by atoms with Gasteiger partial charge in [0.2, 0.25) is 0 Å². The van der Waals surface area contributed by atoms with Crippen molar-refractivity contribution in [2.75, 3.05) is 13.6 Å². The molecule has 0 aromatic heterocycles. The van der Waals surface area contributed by atoms with Crippen molar-refractivity contribution in [3.63, 3.8) is 0 Å². The van der Waals surface area contributed by atoms with E-state index in [1.165, 1.54) is 5.56 Å². The van der Waals surface area contributed by atoms with E-state index in [0.29, 0.717) is 12.0 Å². The maximum atomic E-state index is 3.57. The molecular weight excluding hydrogens is 208 g/mol. The zero-order valence-corrected chi connectivity index (χ0v) is 11.7. The summed E-state index contributed by atoms with van der Waals surface area (Å²) < 4.78 is 0. The molecular formula is C15H26N2. The molecule has 0 aliphatic carbocycles. The van der Waals surface area contributed by atoms with Crippen molar-refractivity contribution in [1.29, 1.82) is 0 Å². The van der Waals surface area contributed by atoms with E-state index in [-0.39, 0.29) is 5.54 Å². The zero-order chi connectivity index (χ0) is 12.9. The summed E-state index contributed by atoms with van der Waals surface area (Å²) in [5, 5.41) is 6.98. The average Bonchev–Trinajstić information content (AvgIpc) is 2.28. The molecule has 96 valence electrons. The molecule has 17 heavy (non-hydrogen) atoms. The molecule has 1 aromatic carbocycles. The van der Waals surface area contributed by atoms with Crippen LogP contribution in [0.2, 0.25) is 0 Å². The van der Waals surface area contributed by atoms with Crippen LogP contribution in [0.4, 0.5) is 0 Å². The number of rotatable bonds is 5. The molecule has 0 spiro atoms. The van der Waals surface area contributed by atoms with Crippen molar-refractivity contribution in [3.05, 3.63) is 35.9 Å². The smallest absolute Gasteiger partial charge is 0.0355 e. The minimum atomic E-state index is 0.184. The van der Waals surface area contributed by atoms with Crippen LogP contribution in [0.25, 0.3) is 0 Å². The molecule has 0 unspecified atom stereocenters. The Bertz CT molecular complexity index is 313. The van der Waals surface area contributed by atoms with Crippen molar-refractivity contribution >= 4 is 0 Å². The maximum absolute atomic E-state index is 3.57. The Balaban J connectivity index is 2.62. The molecule has 0 saturated heterocycles. The Labute approximate surface area is 106 Å². The highest BCUT2D eigenvalue weighted by Gasteiger charge is 2.19. The lowest BCUT2D eigenvalue weighted by molar-refractivity contribution is 0.332. The lowest BCUT2D eigenvalue weighted by Gasteiger charge is -2.28. The van der Waals surface area contributed by atoms with E-state index in [1.807, 2.05) is 7.05 Å². The van der Waals surface area contributed by atoms with Gasteiger partial charge >= 0.3 is 0 Å². The van der Waals surface area contributed by atoms with E-state index in [9.17, 15) is 0 Å². The minimum Gasteiger partial charge on any atom is -0.313 e.